The zero-order valence-corrected chi connectivity index (χ0v) is 51.3. The van der Waals surface area contributed by atoms with Gasteiger partial charge in [0.2, 0.25) is 0 Å². The van der Waals surface area contributed by atoms with Crippen molar-refractivity contribution in [3.63, 3.8) is 0 Å². The molecule has 0 radical (unpaired) electrons. The fraction of sp³-hybridized carbons (Fsp3) is 0.256. The third-order valence-corrected chi connectivity index (χ3v) is 16.2. The summed E-state index contributed by atoms with van der Waals surface area (Å²) in [6, 6.07) is 42.5. The van der Waals surface area contributed by atoms with E-state index in [4.69, 9.17) is 0 Å². The lowest BCUT2D eigenvalue weighted by molar-refractivity contribution is 0.596. The highest BCUT2D eigenvalue weighted by atomic mass is 14.2. The van der Waals surface area contributed by atoms with E-state index in [-0.39, 0.29) is 7.43 Å². The van der Waals surface area contributed by atoms with Crippen LogP contribution in [0.4, 0.5) is 0 Å². The number of allylic oxidation sites excluding steroid dienone is 33. The average molecular weight is 1130 g/mol. The molecule has 0 unspecified atom stereocenters. The molecule has 0 nitrogen and oxygen atoms in total. The Balaban J connectivity index is 0.000000176. The highest BCUT2D eigenvalue weighted by Crippen LogP contribution is 2.36. The molecule has 7 aliphatic carbocycles. The molecular formula is C86H98. The molecule has 0 amide bonds. The van der Waals surface area contributed by atoms with Gasteiger partial charge in [-0.1, -0.05) is 279 Å². The van der Waals surface area contributed by atoms with E-state index < -0.39 is 0 Å². The van der Waals surface area contributed by atoms with Crippen LogP contribution in [-0.2, 0) is 0 Å². The number of hydrogen-bond acceptors (Lipinski definition) is 0. The summed E-state index contributed by atoms with van der Waals surface area (Å²) in [5, 5.41) is 0. The van der Waals surface area contributed by atoms with Gasteiger partial charge in [0, 0.05) is 0 Å². The highest BCUT2D eigenvalue weighted by molar-refractivity contribution is 5.87. The van der Waals surface area contributed by atoms with Crippen LogP contribution in [0.2, 0.25) is 0 Å². The van der Waals surface area contributed by atoms with Gasteiger partial charge in [0.15, 0.2) is 0 Å². The first-order valence-corrected chi connectivity index (χ1v) is 31.7. The summed E-state index contributed by atoms with van der Waals surface area (Å²) in [4.78, 5) is 0. The zero-order chi connectivity index (χ0) is 59.5. The Morgan fingerprint density at radius 2 is 0.686 bits per heavy atom. The van der Waals surface area contributed by atoms with E-state index in [1.165, 1.54) is 153 Å². The van der Waals surface area contributed by atoms with Crippen molar-refractivity contribution in [1.82, 2.24) is 0 Å². The van der Waals surface area contributed by atoms with Crippen molar-refractivity contribution in [1.29, 1.82) is 0 Å². The first-order valence-electron chi connectivity index (χ1n) is 31.7. The monoisotopic (exact) mass is 1130 g/mol. The standard InChI is InChI=1S/C23H22.C22H20.C15H20.C14H18.C11H14.CH4/c1-2-3-6-11-19-16-17-22(18-19)23(20-12-7-4-8-13-20)21-14-9-5-10-15-21;1-2-3-10-18-15-16-21(17-18)22(19-11-6-4-7-12-19)20-13-8-5-9-14-20;1-2-3-7-13-10-11-15(12-13)14-8-5-4-6-9-14;1-2-3-6-12-9-10-14(11-12)13-7-4-5-8-13;1-3-4-7-10(2)11-8-5-6-9-11;/h2,4-5,7-10,12-18H,1,3,6,11H2;2,4-9,11-17H,1,3,10H2;2,10-12H,1,3-9H2;2,9-11H,1,3-8H2;3,5-6,8-9H,1,4,7H2,2H3;1H4. The average Bonchev–Trinajstić information content (AvgIpc) is 4.00. The fourth-order valence-corrected chi connectivity index (χ4v) is 11.5. The van der Waals surface area contributed by atoms with Crippen molar-refractivity contribution in [2.75, 3.05) is 0 Å². The molecule has 7 aliphatic rings. The van der Waals surface area contributed by atoms with E-state index in [1.54, 1.807) is 11.1 Å². The molecule has 0 saturated heterocycles. The molecular weight excluding hydrogens is 1030 g/mol. The minimum Gasteiger partial charge on any atom is -0.103 e. The molecule has 0 spiro atoms. The Hall–Kier alpha value is -8.32. The lowest BCUT2D eigenvalue weighted by Crippen LogP contribution is -1.95. The van der Waals surface area contributed by atoms with E-state index in [9.17, 15) is 0 Å². The van der Waals surface area contributed by atoms with Crippen molar-refractivity contribution >= 4 is 11.1 Å². The van der Waals surface area contributed by atoms with Gasteiger partial charge < -0.3 is 0 Å². The quantitative estimate of drug-likeness (QED) is 0.0611. The number of benzene rings is 4. The molecule has 0 aromatic heterocycles. The number of rotatable bonds is 20. The maximum Gasteiger partial charge on any atom is -0.00388 e. The summed E-state index contributed by atoms with van der Waals surface area (Å²) < 4.78 is 0. The summed E-state index contributed by atoms with van der Waals surface area (Å²) in [5.74, 6) is 0. The smallest absolute Gasteiger partial charge is 0.00388 e. The van der Waals surface area contributed by atoms with Gasteiger partial charge >= 0.3 is 0 Å². The van der Waals surface area contributed by atoms with Crippen molar-refractivity contribution in [3.05, 3.63) is 371 Å². The van der Waals surface area contributed by atoms with E-state index in [1.807, 2.05) is 30.4 Å². The van der Waals surface area contributed by atoms with Gasteiger partial charge in [-0.2, -0.15) is 0 Å². The molecule has 442 valence electrons. The van der Waals surface area contributed by atoms with Gasteiger partial charge in [0.1, 0.15) is 0 Å². The molecule has 0 heterocycles. The third-order valence-electron chi connectivity index (χ3n) is 16.2. The van der Waals surface area contributed by atoms with Crippen LogP contribution in [0.15, 0.2) is 349 Å². The van der Waals surface area contributed by atoms with Gasteiger partial charge in [-0.25, -0.2) is 0 Å². The third kappa shape index (κ3) is 21.9. The largest absolute Gasteiger partial charge is 0.103 e. The minimum atomic E-state index is 0. The van der Waals surface area contributed by atoms with Crippen LogP contribution in [0.25, 0.3) is 11.1 Å². The first kappa shape index (κ1) is 66.8. The summed E-state index contributed by atoms with van der Waals surface area (Å²) in [5.41, 5.74) is 25.2. The van der Waals surface area contributed by atoms with Gasteiger partial charge in [-0.3, -0.25) is 0 Å². The Morgan fingerprint density at radius 1 is 0.349 bits per heavy atom. The number of unbranched alkanes of at least 4 members (excludes halogenated alkanes) is 1. The van der Waals surface area contributed by atoms with Gasteiger partial charge in [0.25, 0.3) is 0 Å². The minimum absolute atomic E-state index is 0. The van der Waals surface area contributed by atoms with E-state index in [2.05, 4.69) is 258 Å². The predicted octanol–water partition coefficient (Wildman–Crippen LogP) is 25.4. The van der Waals surface area contributed by atoms with Crippen LogP contribution in [0.5, 0.6) is 0 Å². The van der Waals surface area contributed by atoms with Crippen molar-refractivity contribution in [3.8, 4) is 0 Å². The van der Waals surface area contributed by atoms with Gasteiger partial charge in [-0.15, -0.1) is 32.9 Å². The van der Waals surface area contributed by atoms with Crippen LogP contribution in [0.1, 0.15) is 165 Å². The van der Waals surface area contributed by atoms with Crippen molar-refractivity contribution in [2.24, 2.45) is 0 Å². The van der Waals surface area contributed by atoms with E-state index in [0.29, 0.717) is 0 Å². The van der Waals surface area contributed by atoms with Crippen LogP contribution in [-0.4, -0.2) is 0 Å². The Morgan fingerprint density at radius 3 is 1.06 bits per heavy atom. The van der Waals surface area contributed by atoms with Gasteiger partial charge in [0.05, 0.1) is 0 Å². The van der Waals surface area contributed by atoms with Crippen LogP contribution < -0.4 is 0 Å². The predicted molar refractivity (Wildman–Crippen MR) is 382 cm³/mol. The lowest BCUT2D eigenvalue weighted by atomic mass is 9.91. The van der Waals surface area contributed by atoms with Crippen molar-refractivity contribution < 1.29 is 0 Å². The molecule has 0 atom stereocenters. The normalized spacial score (nSPS) is 15.6. The Bertz CT molecular complexity index is 3230. The SMILES string of the molecule is C.C=CCCC(C)=C1C=CC=C1.C=CCCC1=CC(=C(c2ccccc2)c2ccccc2)C=C1.C=CCCC1=CC(=C2CCCC2)C=C1.C=CCCC1=CC(=C2CCCCC2)C=C1.C=CCCCC1=CC(=C(c2ccccc2)c2ccccc2)C=C1. The molecule has 11 rings (SSSR count). The maximum absolute atomic E-state index is 3.81. The molecule has 4 aromatic carbocycles. The Labute approximate surface area is 521 Å². The molecule has 2 saturated carbocycles. The van der Waals surface area contributed by atoms with Gasteiger partial charge in [-0.05, 0) is 212 Å². The second kappa shape index (κ2) is 38.6. The summed E-state index contributed by atoms with van der Waals surface area (Å²) in [6.45, 7) is 21.0. The number of hydrogen-bond donors (Lipinski definition) is 0. The molecule has 0 bridgehead atoms. The second-order valence-corrected chi connectivity index (χ2v) is 22.7. The molecule has 0 heteroatoms. The zero-order valence-electron chi connectivity index (χ0n) is 51.3. The summed E-state index contributed by atoms with van der Waals surface area (Å²) >= 11 is 0. The first-order chi connectivity index (χ1) is 41.9. The molecule has 0 N–H and O–H groups in total. The van der Waals surface area contributed by atoms with Crippen LogP contribution in [0.3, 0.4) is 0 Å². The summed E-state index contributed by atoms with van der Waals surface area (Å²) in [7, 11) is 0. The maximum atomic E-state index is 3.81. The molecule has 0 aliphatic heterocycles. The lowest BCUT2D eigenvalue weighted by Gasteiger charge is -2.15. The van der Waals surface area contributed by atoms with E-state index in [0.717, 1.165) is 64.2 Å². The van der Waals surface area contributed by atoms with E-state index >= 15 is 0 Å². The van der Waals surface area contributed by atoms with Crippen molar-refractivity contribution in [2.45, 2.75) is 143 Å². The topological polar surface area (TPSA) is 0 Å². The molecule has 86 heavy (non-hydrogen) atoms. The molecule has 4 aromatic rings. The molecule has 2 fully saturated rings. The summed E-state index contributed by atoms with van der Waals surface area (Å²) in [6.07, 6.45) is 70.3. The Kier molecular flexibility index (Phi) is 30.0. The van der Waals surface area contributed by atoms with Crippen LogP contribution in [0, 0.1) is 0 Å². The highest BCUT2D eigenvalue weighted by Gasteiger charge is 2.16. The fourth-order valence-electron chi connectivity index (χ4n) is 11.5. The van der Waals surface area contributed by atoms with Crippen LogP contribution >= 0.6 is 0 Å². The second-order valence-electron chi connectivity index (χ2n) is 22.7.